The summed E-state index contributed by atoms with van der Waals surface area (Å²) in [4.78, 5) is 5.37. The lowest BCUT2D eigenvalue weighted by Crippen LogP contribution is -2.40. The third kappa shape index (κ3) is 3.25. The summed E-state index contributed by atoms with van der Waals surface area (Å²) in [6.45, 7) is 8.81. The van der Waals surface area contributed by atoms with E-state index in [9.17, 15) is 0 Å². The summed E-state index contributed by atoms with van der Waals surface area (Å²) in [7, 11) is 0. The Morgan fingerprint density at radius 2 is 1.89 bits per heavy atom. The van der Waals surface area contributed by atoms with Crippen LogP contribution in [-0.4, -0.2) is 60.6 Å². The van der Waals surface area contributed by atoms with Gasteiger partial charge in [-0.2, -0.15) is 0 Å². The molecule has 0 amide bonds. The van der Waals surface area contributed by atoms with E-state index in [0.717, 1.165) is 18.1 Å². The van der Waals surface area contributed by atoms with Crippen molar-refractivity contribution in [1.29, 1.82) is 0 Å². The van der Waals surface area contributed by atoms with Crippen molar-refractivity contribution >= 4 is 0 Å². The maximum absolute atomic E-state index is 3.79. The zero-order chi connectivity index (χ0) is 12.4. The van der Waals surface area contributed by atoms with Crippen LogP contribution in [0.15, 0.2) is 0 Å². The molecule has 104 valence electrons. The van der Waals surface area contributed by atoms with E-state index in [0.29, 0.717) is 0 Å². The van der Waals surface area contributed by atoms with Crippen molar-refractivity contribution in [2.24, 2.45) is 0 Å². The first-order valence-electron chi connectivity index (χ1n) is 8.04. The molecule has 2 atom stereocenters. The molecule has 0 radical (unpaired) electrons. The lowest BCUT2D eigenvalue weighted by Gasteiger charge is -2.27. The molecule has 0 aromatic rings. The minimum Gasteiger partial charge on any atom is -0.311 e. The van der Waals surface area contributed by atoms with Gasteiger partial charge in [0.05, 0.1) is 0 Å². The van der Waals surface area contributed by atoms with Crippen LogP contribution in [-0.2, 0) is 0 Å². The number of piperidine rings is 1. The molecule has 2 heterocycles. The molecule has 2 saturated heterocycles. The van der Waals surface area contributed by atoms with Crippen molar-refractivity contribution in [2.75, 3.05) is 32.7 Å². The molecule has 3 nitrogen and oxygen atoms in total. The first-order valence-corrected chi connectivity index (χ1v) is 8.04. The highest BCUT2D eigenvalue weighted by atomic mass is 15.3. The Kier molecular flexibility index (Phi) is 4.22. The highest BCUT2D eigenvalue weighted by molar-refractivity contribution is 4.95. The van der Waals surface area contributed by atoms with E-state index in [1.54, 1.807) is 0 Å². The fourth-order valence-corrected chi connectivity index (χ4v) is 3.73. The fraction of sp³-hybridized carbons (Fsp3) is 1.00. The Hall–Kier alpha value is -0.120. The largest absolute Gasteiger partial charge is 0.311 e. The minimum absolute atomic E-state index is 0.755. The van der Waals surface area contributed by atoms with Crippen molar-refractivity contribution in [3.63, 3.8) is 0 Å². The quantitative estimate of drug-likeness (QED) is 0.802. The average molecular weight is 251 g/mol. The average Bonchev–Trinajstić information content (AvgIpc) is 3.15. The van der Waals surface area contributed by atoms with Gasteiger partial charge in [-0.3, -0.25) is 4.90 Å². The lowest BCUT2D eigenvalue weighted by molar-refractivity contribution is 0.224. The van der Waals surface area contributed by atoms with Gasteiger partial charge in [0.1, 0.15) is 0 Å². The van der Waals surface area contributed by atoms with Gasteiger partial charge in [-0.15, -0.1) is 0 Å². The normalized spacial score (nSPS) is 35.2. The summed E-state index contributed by atoms with van der Waals surface area (Å²) in [6, 6.07) is 2.50. The predicted molar refractivity (Wildman–Crippen MR) is 75.9 cm³/mol. The van der Waals surface area contributed by atoms with Gasteiger partial charge in [0.2, 0.25) is 0 Å². The molecule has 0 spiro atoms. The van der Waals surface area contributed by atoms with Crippen LogP contribution in [0.4, 0.5) is 0 Å². The van der Waals surface area contributed by atoms with Crippen LogP contribution in [0.2, 0.25) is 0 Å². The molecule has 3 rings (SSSR count). The SMILES string of the molecule is CC1CC(NCCN2CCCCC2)CN1C1CC1. The van der Waals surface area contributed by atoms with Crippen molar-refractivity contribution in [2.45, 2.75) is 63.6 Å². The summed E-state index contributed by atoms with van der Waals surface area (Å²) in [5.41, 5.74) is 0. The van der Waals surface area contributed by atoms with Crippen molar-refractivity contribution in [3.8, 4) is 0 Å². The number of nitrogens with one attached hydrogen (secondary N) is 1. The Labute approximate surface area is 112 Å². The van der Waals surface area contributed by atoms with E-state index in [4.69, 9.17) is 0 Å². The van der Waals surface area contributed by atoms with Gasteiger partial charge in [0, 0.05) is 37.8 Å². The summed E-state index contributed by atoms with van der Waals surface area (Å²) in [5, 5.41) is 3.79. The molecule has 0 aromatic heterocycles. The number of rotatable bonds is 5. The highest BCUT2D eigenvalue weighted by Gasteiger charge is 2.38. The molecule has 18 heavy (non-hydrogen) atoms. The van der Waals surface area contributed by atoms with Crippen molar-refractivity contribution < 1.29 is 0 Å². The Morgan fingerprint density at radius 3 is 2.61 bits per heavy atom. The number of hydrogen-bond donors (Lipinski definition) is 1. The molecular formula is C15H29N3. The van der Waals surface area contributed by atoms with E-state index >= 15 is 0 Å². The number of nitrogens with zero attached hydrogens (tertiary/aromatic N) is 2. The molecular weight excluding hydrogens is 222 g/mol. The maximum Gasteiger partial charge on any atom is 0.0210 e. The Balaban J connectivity index is 1.33. The van der Waals surface area contributed by atoms with E-state index < -0.39 is 0 Å². The van der Waals surface area contributed by atoms with Crippen LogP contribution >= 0.6 is 0 Å². The molecule has 0 bridgehead atoms. The molecule has 3 fully saturated rings. The fourth-order valence-electron chi connectivity index (χ4n) is 3.73. The molecule has 2 aliphatic heterocycles. The molecule has 0 aromatic carbocycles. The predicted octanol–water partition coefficient (Wildman–Crippen LogP) is 1.69. The topological polar surface area (TPSA) is 18.5 Å². The van der Waals surface area contributed by atoms with Crippen molar-refractivity contribution in [1.82, 2.24) is 15.1 Å². The third-order valence-corrected chi connectivity index (χ3v) is 4.95. The van der Waals surface area contributed by atoms with Gasteiger partial charge in [-0.25, -0.2) is 0 Å². The number of likely N-dealkylation sites (tertiary alicyclic amines) is 2. The Morgan fingerprint density at radius 1 is 1.11 bits per heavy atom. The van der Waals surface area contributed by atoms with Crippen molar-refractivity contribution in [3.05, 3.63) is 0 Å². The second kappa shape index (κ2) is 5.89. The molecule has 3 aliphatic rings. The molecule has 1 N–H and O–H groups in total. The van der Waals surface area contributed by atoms with Gasteiger partial charge in [0.15, 0.2) is 0 Å². The van der Waals surface area contributed by atoms with Crippen LogP contribution in [0, 0.1) is 0 Å². The standard InChI is InChI=1S/C15H29N3/c1-13-11-14(12-18(13)15-5-6-15)16-7-10-17-8-3-2-4-9-17/h13-16H,2-12H2,1H3. The second-order valence-corrected chi connectivity index (χ2v) is 6.57. The van der Waals surface area contributed by atoms with E-state index in [-0.39, 0.29) is 0 Å². The zero-order valence-electron chi connectivity index (χ0n) is 11.9. The van der Waals surface area contributed by atoms with Gasteiger partial charge in [0.25, 0.3) is 0 Å². The van der Waals surface area contributed by atoms with E-state index in [2.05, 4.69) is 22.0 Å². The van der Waals surface area contributed by atoms with Crippen LogP contribution in [0.5, 0.6) is 0 Å². The molecule has 3 heteroatoms. The monoisotopic (exact) mass is 251 g/mol. The van der Waals surface area contributed by atoms with Gasteiger partial charge < -0.3 is 10.2 Å². The first-order chi connectivity index (χ1) is 8.83. The van der Waals surface area contributed by atoms with Crippen LogP contribution in [0.3, 0.4) is 0 Å². The van der Waals surface area contributed by atoms with Gasteiger partial charge in [-0.1, -0.05) is 6.42 Å². The van der Waals surface area contributed by atoms with Crippen LogP contribution < -0.4 is 5.32 Å². The van der Waals surface area contributed by atoms with E-state index in [1.807, 2.05) is 0 Å². The molecule has 1 saturated carbocycles. The summed E-state index contributed by atoms with van der Waals surface area (Å²) >= 11 is 0. The zero-order valence-corrected chi connectivity index (χ0v) is 11.9. The second-order valence-electron chi connectivity index (χ2n) is 6.57. The first kappa shape index (κ1) is 12.9. The smallest absolute Gasteiger partial charge is 0.0210 e. The molecule has 1 aliphatic carbocycles. The highest BCUT2D eigenvalue weighted by Crippen LogP contribution is 2.33. The van der Waals surface area contributed by atoms with Crippen LogP contribution in [0.1, 0.15) is 45.4 Å². The summed E-state index contributed by atoms with van der Waals surface area (Å²) in [6.07, 6.45) is 8.53. The molecule has 2 unspecified atom stereocenters. The maximum atomic E-state index is 3.79. The lowest BCUT2D eigenvalue weighted by atomic mass is 10.1. The third-order valence-electron chi connectivity index (χ3n) is 4.95. The van der Waals surface area contributed by atoms with Gasteiger partial charge in [-0.05, 0) is 52.1 Å². The summed E-state index contributed by atoms with van der Waals surface area (Å²) in [5.74, 6) is 0. The van der Waals surface area contributed by atoms with Crippen LogP contribution in [0.25, 0.3) is 0 Å². The summed E-state index contributed by atoms with van der Waals surface area (Å²) < 4.78 is 0. The van der Waals surface area contributed by atoms with E-state index in [1.165, 1.54) is 71.2 Å². The minimum atomic E-state index is 0.755. The number of hydrogen-bond acceptors (Lipinski definition) is 3. The Bertz CT molecular complexity index is 258. The van der Waals surface area contributed by atoms with Gasteiger partial charge >= 0.3 is 0 Å².